The minimum atomic E-state index is -1.12. The van der Waals surface area contributed by atoms with Crippen LogP contribution in [0.3, 0.4) is 0 Å². The highest BCUT2D eigenvalue weighted by Gasteiger charge is 2.55. The van der Waals surface area contributed by atoms with Gasteiger partial charge in [0.1, 0.15) is 36.5 Å². The molecule has 4 N–H and O–H groups in total. The highest BCUT2D eigenvalue weighted by atomic mass is 32.2. The Morgan fingerprint density at radius 3 is 2.75 bits per heavy atom. The molecule has 0 aromatic carbocycles. The number of rotatable bonds is 7. The SMILES string of the molecule is CON=C(C(=O)N[C@@H]1C(=O)N2C(C(=O)O)=C(C[N+]3(C)CCCC3)CS[C@H]12)c1csc(N)n1. The molecule has 172 valence electrons. The number of aromatic nitrogens is 1. The largest absolute Gasteiger partial charge is 0.477 e. The first-order chi connectivity index (χ1) is 15.2. The number of fused-ring (bicyclic) bond motifs is 1. The van der Waals surface area contributed by atoms with Gasteiger partial charge >= 0.3 is 5.97 Å². The summed E-state index contributed by atoms with van der Waals surface area (Å²) in [5.41, 5.74) is 6.59. The van der Waals surface area contributed by atoms with Gasteiger partial charge in [0, 0.05) is 29.5 Å². The fourth-order valence-corrected chi connectivity index (χ4v) is 6.31. The van der Waals surface area contributed by atoms with Crippen LogP contribution >= 0.6 is 23.1 Å². The van der Waals surface area contributed by atoms with Crippen molar-refractivity contribution in [1.82, 2.24) is 15.2 Å². The molecule has 13 heteroatoms. The molecule has 0 bridgehead atoms. The Morgan fingerprint density at radius 2 is 2.16 bits per heavy atom. The van der Waals surface area contributed by atoms with Crippen molar-refractivity contribution in [3.05, 3.63) is 22.3 Å². The van der Waals surface area contributed by atoms with Crippen LogP contribution in [-0.4, -0.2) is 93.9 Å². The lowest BCUT2D eigenvalue weighted by Crippen LogP contribution is -2.71. The summed E-state index contributed by atoms with van der Waals surface area (Å²) in [6.45, 7) is 2.61. The van der Waals surface area contributed by atoms with Gasteiger partial charge in [-0.1, -0.05) is 5.16 Å². The van der Waals surface area contributed by atoms with E-state index < -0.39 is 29.2 Å². The molecule has 1 aromatic heterocycles. The van der Waals surface area contributed by atoms with Crippen molar-refractivity contribution in [2.24, 2.45) is 5.16 Å². The number of likely N-dealkylation sites (tertiary alicyclic amines) is 1. The number of anilines is 1. The summed E-state index contributed by atoms with van der Waals surface area (Å²) in [7, 11) is 3.42. The molecule has 0 unspecified atom stereocenters. The van der Waals surface area contributed by atoms with Gasteiger partial charge in [0.2, 0.25) is 0 Å². The van der Waals surface area contributed by atoms with E-state index in [1.165, 1.54) is 23.8 Å². The molecule has 4 rings (SSSR count). The molecule has 3 aliphatic rings. The standard InChI is InChI=1S/C19H24N6O5S2/c1-25(5-3-4-6-25)7-10-8-31-17-13(16(27)24(17)14(10)18(28)29)22-15(26)12(23-30-2)11-9-32-19(20)21-11/h9,13,17H,3-8H2,1-2H3,(H3-,20,21,22,26,28,29)/p+1/t13-,17-/m1/s1. The Balaban J connectivity index is 1.52. The molecule has 0 aliphatic carbocycles. The second-order valence-corrected chi connectivity index (χ2v) is 10.2. The molecule has 1 aromatic rings. The van der Waals surface area contributed by atoms with Crippen molar-refractivity contribution in [1.29, 1.82) is 0 Å². The third-order valence-corrected chi connectivity index (χ3v) is 7.93. The first-order valence-electron chi connectivity index (χ1n) is 10.1. The summed E-state index contributed by atoms with van der Waals surface area (Å²) in [4.78, 5) is 47.9. The highest BCUT2D eigenvalue weighted by molar-refractivity contribution is 8.00. The summed E-state index contributed by atoms with van der Waals surface area (Å²) < 4.78 is 0.785. The van der Waals surface area contributed by atoms with Gasteiger partial charge < -0.3 is 25.5 Å². The average molecular weight is 482 g/mol. The number of hydrogen-bond donors (Lipinski definition) is 3. The summed E-state index contributed by atoms with van der Waals surface area (Å²) in [5.74, 6) is -1.71. The zero-order chi connectivity index (χ0) is 23.0. The number of thiazole rings is 1. The number of thioether (sulfide) groups is 1. The van der Waals surface area contributed by atoms with Crippen LogP contribution < -0.4 is 11.1 Å². The van der Waals surface area contributed by atoms with Gasteiger partial charge in [0.25, 0.3) is 11.8 Å². The number of nitrogens with two attached hydrogens (primary N) is 1. The smallest absolute Gasteiger partial charge is 0.352 e. The number of aliphatic carboxylic acids is 1. The Morgan fingerprint density at radius 1 is 1.44 bits per heavy atom. The van der Waals surface area contributed by atoms with Crippen LogP contribution in [0.4, 0.5) is 5.13 Å². The number of carboxylic acids is 1. The number of nitrogens with one attached hydrogen (secondary N) is 1. The van der Waals surface area contributed by atoms with E-state index in [0.717, 1.165) is 47.3 Å². The molecule has 32 heavy (non-hydrogen) atoms. The van der Waals surface area contributed by atoms with Crippen LogP contribution in [0.25, 0.3) is 0 Å². The number of carbonyl (C=O) groups excluding carboxylic acids is 2. The zero-order valence-electron chi connectivity index (χ0n) is 17.7. The number of β-lactam (4-membered cyclic amide) rings is 1. The fraction of sp³-hybridized carbons (Fsp3) is 0.526. The average Bonchev–Trinajstić information content (AvgIpc) is 3.37. The van der Waals surface area contributed by atoms with E-state index in [9.17, 15) is 19.5 Å². The summed E-state index contributed by atoms with van der Waals surface area (Å²) in [6.07, 6.45) is 2.24. The van der Waals surface area contributed by atoms with E-state index in [1.807, 2.05) is 0 Å². The van der Waals surface area contributed by atoms with Gasteiger partial charge in [-0.05, 0) is 0 Å². The Labute approximate surface area is 192 Å². The molecule has 0 radical (unpaired) electrons. The molecule has 4 heterocycles. The van der Waals surface area contributed by atoms with Gasteiger partial charge in [0.15, 0.2) is 10.8 Å². The van der Waals surface area contributed by atoms with Crippen molar-refractivity contribution >= 4 is 51.7 Å². The van der Waals surface area contributed by atoms with Crippen LogP contribution in [0.15, 0.2) is 21.8 Å². The molecule has 2 amide bonds. The quantitative estimate of drug-likeness (QED) is 0.214. The lowest BCUT2D eigenvalue weighted by molar-refractivity contribution is -0.893. The maximum atomic E-state index is 12.9. The molecule has 0 spiro atoms. The third kappa shape index (κ3) is 4.07. The van der Waals surface area contributed by atoms with E-state index >= 15 is 0 Å². The van der Waals surface area contributed by atoms with Crippen LogP contribution in [0.2, 0.25) is 0 Å². The fourth-order valence-electron chi connectivity index (χ4n) is 4.42. The van der Waals surface area contributed by atoms with Crippen LogP contribution in [0, 0.1) is 0 Å². The lowest BCUT2D eigenvalue weighted by atomic mass is 10.0. The Bertz CT molecular complexity index is 1020. The van der Waals surface area contributed by atoms with Crippen molar-refractivity contribution < 1.29 is 28.8 Å². The number of amides is 2. The first-order valence-corrected chi connectivity index (χ1v) is 12.0. The van der Waals surface area contributed by atoms with Crippen molar-refractivity contribution in [3.63, 3.8) is 0 Å². The Kier molecular flexibility index (Phi) is 6.14. The molecule has 11 nitrogen and oxygen atoms in total. The van der Waals surface area contributed by atoms with Crippen LogP contribution in [0.1, 0.15) is 18.5 Å². The van der Waals surface area contributed by atoms with E-state index in [2.05, 4.69) is 22.5 Å². The lowest BCUT2D eigenvalue weighted by Gasteiger charge is -2.49. The number of oxime groups is 1. The third-order valence-electron chi connectivity index (χ3n) is 5.92. The number of hydrogen-bond acceptors (Lipinski definition) is 9. The number of carboxylic acid groups (broad SMARTS) is 1. The van der Waals surface area contributed by atoms with Gasteiger partial charge in [-0.25, -0.2) is 9.78 Å². The molecule has 3 aliphatic heterocycles. The summed E-state index contributed by atoms with van der Waals surface area (Å²) in [6, 6.07) is -0.863. The maximum Gasteiger partial charge on any atom is 0.352 e. The van der Waals surface area contributed by atoms with E-state index in [4.69, 9.17) is 10.6 Å². The molecule has 0 saturated carbocycles. The number of likely N-dealkylation sites (N-methyl/N-ethyl adjacent to an activating group) is 1. The van der Waals surface area contributed by atoms with Crippen molar-refractivity contribution in [2.75, 3.05) is 45.3 Å². The van der Waals surface area contributed by atoms with Gasteiger partial charge in [-0.15, -0.1) is 23.1 Å². The summed E-state index contributed by atoms with van der Waals surface area (Å²) >= 11 is 2.61. The Hall–Kier alpha value is -2.64. The van der Waals surface area contributed by atoms with Gasteiger partial charge in [-0.2, -0.15) is 0 Å². The summed E-state index contributed by atoms with van der Waals surface area (Å²) in [5, 5.41) is 17.6. The van der Waals surface area contributed by atoms with Crippen molar-refractivity contribution in [2.45, 2.75) is 24.3 Å². The zero-order valence-corrected chi connectivity index (χ0v) is 19.4. The number of nitrogens with zero attached hydrogens (tertiary/aromatic N) is 4. The predicted molar refractivity (Wildman–Crippen MR) is 120 cm³/mol. The minimum absolute atomic E-state index is 0.0496. The number of quaternary nitrogens is 1. The van der Waals surface area contributed by atoms with Crippen molar-refractivity contribution in [3.8, 4) is 0 Å². The van der Waals surface area contributed by atoms with Crippen LogP contribution in [0.5, 0.6) is 0 Å². The molecule has 2 fully saturated rings. The van der Waals surface area contributed by atoms with Gasteiger partial charge in [0.05, 0.1) is 20.1 Å². The van der Waals surface area contributed by atoms with Crippen LogP contribution in [-0.2, 0) is 19.2 Å². The van der Waals surface area contributed by atoms with E-state index in [1.54, 1.807) is 5.38 Å². The van der Waals surface area contributed by atoms with Gasteiger partial charge in [-0.3, -0.25) is 14.5 Å². The minimum Gasteiger partial charge on any atom is -0.477 e. The highest BCUT2D eigenvalue weighted by Crippen LogP contribution is 2.41. The molecular formula is C19H25N6O5S2+. The number of carbonyl (C=O) groups is 3. The monoisotopic (exact) mass is 481 g/mol. The molecular weight excluding hydrogens is 456 g/mol. The number of nitrogen functional groups attached to an aromatic ring is 1. The topological polar surface area (TPSA) is 147 Å². The second kappa shape index (κ2) is 8.71. The predicted octanol–water partition coefficient (Wildman–Crippen LogP) is 0.0548. The molecule has 2 saturated heterocycles. The first kappa shape index (κ1) is 22.6. The second-order valence-electron chi connectivity index (χ2n) is 8.24. The molecule has 2 atom stereocenters. The maximum absolute atomic E-state index is 12.9. The van der Waals surface area contributed by atoms with E-state index in [0.29, 0.717) is 12.3 Å². The van der Waals surface area contributed by atoms with E-state index in [-0.39, 0.29) is 22.2 Å². The normalized spacial score (nSPS) is 24.8.